The van der Waals surface area contributed by atoms with E-state index in [0.29, 0.717) is 52.3 Å². The summed E-state index contributed by atoms with van der Waals surface area (Å²) in [7, 11) is 4.56. The normalized spacial score (nSPS) is 10.8. The van der Waals surface area contributed by atoms with E-state index in [-0.39, 0.29) is 12.2 Å². The van der Waals surface area contributed by atoms with Gasteiger partial charge in [-0.1, -0.05) is 6.07 Å². The summed E-state index contributed by atoms with van der Waals surface area (Å²) >= 11 is 0. The van der Waals surface area contributed by atoms with Crippen molar-refractivity contribution in [2.75, 3.05) is 27.9 Å². The van der Waals surface area contributed by atoms with Gasteiger partial charge in [-0.2, -0.15) is 0 Å². The summed E-state index contributed by atoms with van der Waals surface area (Å²) in [5.74, 6) is 0.330. The number of hydrogen-bond acceptors (Lipinski definition) is 6. The van der Waals surface area contributed by atoms with Gasteiger partial charge in [0.1, 0.15) is 0 Å². The van der Waals surface area contributed by atoms with E-state index < -0.39 is 5.97 Å². The van der Waals surface area contributed by atoms with Crippen molar-refractivity contribution in [2.24, 2.45) is 0 Å². The zero-order chi connectivity index (χ0) is 21.0. The molecule has 7 nitrogen and oxygen atoms in total. The van der Waals surface area contributed by atoms with Crippen LogP contribution in [0.4, 0.5) is 0 Å². The Morgan fingerprint density at radius 2 is 1.69 bits per heavy atom. The number of rotatable bonds is 8. The Balaban J connectivity index is 2.19. The Bertz CT molecular complexity index is 1020. The van der Waals surface area contributed by atoms with Gasteiger partial charge in [0.05, 0.1) is 38.1 Å². The van der Waals surface area contributed by atoms with Crippen LogP contribution in [0.5, 0.6) is 17.2 Å². The Kier molecular flexibility index (Phi) is 6.19. The molecule has 0 aliphatic rings. The minimum Gasteiger partial charge on any atom is -0.493 e. The summed E-state index contributed by atoms with van der Waals surface area (Å²) in [6, 6.07) is 10.5. The van der Waals surface area contributed by atoms with E-state index in [4.69, 9.17) is 19.3 Å². The third-order valence-corrected chi connectivity index (χ3v) is 4.69. The number of aromatic carboxylic acids is 1. The van der Waals surface area contributed by atoms with Gasteiger partial charge >= 0.3 is 5.97 Å². The summed E-state index contributed by atoms with van der Waals surface area (Å²) < 4.78 is 16.1. The van der Waals surface area contributed by atoms with E-state index in [1.807, 2.05) is 12.1 Å². The number of aryl methyl sites for hydroxylation is 1. The van der Waals surface area contributed by atoms with Crippen LogP contribution < -0.4 is 14.2 Å². The lowest BCUT2D eigenvalue weighted by Gasteiger charge is -2.15. The number of fused-ring (bicyclic) bond motifs is 1. The predicted molar refractivity (Wildman–Crippen MR) is 109 cm³/mol. The minimum absolute atomic E-state index is 0.0855. The highest BCUT2D eigenvalue weighted by molar-refractivity contribution is 6.04. The number of aliphatic hydroxyl groups excluding tert-OH is 1. The van der Waals surface area contributed by atoms with Crippen molar-refractivity contribution in [1.29, 1.82) is 0 Å². The van der Waals surface area contributed by atoms with Crippen molar-refractivity contribution < 1.29 is 29.2 Å². The Hall–Kier alpha value is -3.32. The summed E-state index contributed by atoms with van der Waals surface area (Å²) in [5, 5.41) is 19.4. The number of benzene rings is 2. The lowest BCUT2D eigenvalue weighted by molar-refractivity contribution is 0.0699. The average molecular weight is 397 g/mol. The summed E-state index contributed by atoms with van der Waals surface area (Å²) in [5.41, 5.74) is 2.81. The maximum atomic E-state index is 11.9. The van der Waals surface area contributed by atoms with Crippen molar-refractivity contribution in [3.05, 3.63) is 47.5 Å². The van der Waals surface area contributed by atoms with Crippen LogP contribution in [0, 0.1) is 0 Å². The molecule has 3 rings (SSSR count). The zero-order valence-electron chi connectivity index (χ0n) is 16.6. The number of aliphatic hydroxyl groups is 1. The molecule has 0 saturated heterocycles. The monoisotopic (exact) mass is 397 g/mol. The topological polar surface area (TPSA) is 98.1 Å². The maximum Gasteiger partial charge on any atom is 0.336 e. The summed E-state index contributed by atoms with van der Waals surface area (Å²) in [6.45, 7) is 0.0855. The minimum atomic E-state index is -1.04. The molecule has 29 heavy (non-hydrogen) atoms. The molecule has 3 aromatic rings. The van der Waals surface area contributed by atoms with Crippen LogP contribution in [0.15, 0.2) is 36.4 Å². The average Bonchev–Trinajstić information content (AvgIpc) is 2.75. The highest BCUT2D eigenvalue weighted by Gasteiger charge is 2.18. The fraction of sp³-hybridized carbons (Fsp3) is 0.273. The molecule has 0 aliphatic carbocycles. The van der Waals surface area contributed by atoms with E-state index in [2.05, 4.69) is 4.98 Å². The summed E-state index contributed by atoms with van der Waals surface area (Å²) in [4.78, 5) is 16.6. The highest BCUT2D eigenvalue weighted by atomic mass is 16.5. The SMILES string of the molecule is COc1cc(-c2cc(C(=O)O)c3cc(CCCO)ccc3n2)cc(OC)c1OC. The second kappa shape index (κ2) is 8.79. The van der Waals surface area contributed by atoms with Crippen LogP contribution in [-0.4, -0.2) is 49.1 Å². The van der Waals surface area contributed by atoms with Gasteiger partial charge in [-0.25, -0.2) is 9.78 Å². The molecule has 1 aromatic heterocycles. The van der Waals surface area contributed by atoms with Crippen LogP contribution >= 0.6 is 0 Å². The second-order valence-corrected chi connectivity index (χ2v) is 6.45. The van der Waals surface area contributed by atoms with Crippen molar-refractivity contribution in [2.45, 2.75) is 12.8 Å². The molecule has 0 unspecified atom stereocenters. The third-order valence-electron chi connectivity index (χ3n) is 4.69. The number of carboxylic acids is 1. The Morgan fingerprint density at radius 3 is 2.24 bits per heavy atom. The molecule has 2 N–H and O–H groups in total. The van der Waals surface area contributed by atoms with Crippen LogP contribution in [0.2, 0.25) is 0 Å². The first kappa shape index (κ1) is 20.4. The molecule has 0 radical (unpaired) electrons. The molecule has 0 atom stereocenters. The fourth-order valence-corrected chi connectivity index (χ4v) is 3.27. The van der Waals surface area contributed by atoms with Gasteiger partial charge in [-0.3, -0.25) is 0 Å². The first-order valence-electron chi connectivity index (χ1n) is 9.10. The van der Waals surface area contributed by atoms with E-state index in [9.17, 15) is 9.90 Å². The Morgan fingerprint density at radius 1 is 1.00 bits per heavy atom. The molecule has 2 aromatic carbocycles. The number of ether oxygens (including phenoxy) is 3. The molecule has 1 heterocycles. The van der Waals surface area contributed by atoms with E-state index >= 15 is 0 Å². The second-order valence-electron chi connectivity index (χ2n) is 6.45. The molecule has 152 valence electrons. The van der Waals surface area contributed by atoms with E-state index in [0.717, 1.165) is 5.56 Å². The molecular weight excluding hydrogens is 374 g/mol. The van der Waals surface area contributed by atoms with Gasteiger partial charge in [0.25, 0.3) is 0 Å². The van der Waals surface area contributed by atoms with Gasteiger partial charge in [0.15, 0.2) is 11.5 Å². The molecule has 0 amide bonds. The molecular formula is C22H23NO6. The van der Waals surface area contributed by atoms with Crippen LogP contribution in [0.3, 0.4) is 0 Å². The number of aromatic nitrogens is 1. The predicted octanol–water partition coefficient (Wildman–Crippen LogP) is 3.55. The zero-order valence-corrected chi connectivity index (χ0v) is 16.6. The van der Waals surface area contributed by atoms with Crippen LogP contribution in [0.25, 0.3) is 22.2 Å². The molecule has 0 aliphatic heterocycles. The maximum absolute atomic E-state index is 11.9. The molecule has 7 heteroatoms. The van der Waals surface area contributed by atoms with Crippen molar-refractivity contribution in [1.82, 2.24) is 4.98 Å². The number of nitrogens with zero attached hydrogens (tertiary/aromatic N) is 1. The van der Waals surface area contributed by atoms with Gasteiger partial charge < -0.3 is 24.4 Å². The Labute approximate surface area is 168 Å². The van der Waals surface area contributed by atoms with Gasteiger partial charge in [-0.05, 0) is 48.7 Å². The standard InChI is InChI=1S/C22H23NO6/c1-27-19-10-14(11-20(28-2)21(19)29-3)18-12-16(22(25)26)15-9-13(5-4-8-24)6-7-17(15)23-18/h6-7,9-12,24H,4-5,8H2,1-3H3,(H,25,26). The summed E-state index contributed by atoms with van der Waals surface area (Å²) in [6.07, 6.45) is 1.28. The number of hydrogen-bond donors (Lipinski definition) is 2. The van der Waals surface area contributed by atoms with Crippen molar-refractivity contribution >= 4 is 16.9 Å². The molecule has 0 saturated carbocycles. The lowest BCUT2D eigenvalue weighted by Crippen LogP contribution is -2.02. The van der Waals surface area contributed by atoms with Crippen LogP contribution in [0.1, 0.15) is 22.3 Å². The lowest BCUT2D eigenvalue weighted by atomic mass is 10.0. The van der Waals surface area contributed by atoms with Gasteiger partial charge in [0.2, 0.25) is 5.75 Å². The first-order chi connectivity index (χ1) is 14.0. The van der Waals surface area contributed by atoms with Gasteiger partial charge in [0, 0.05) is 17.6 Å². The van der Waals surface area contributed by atoms with Crippen molar-refractivity contribution in [3.63, 3.8) is 0 Å². The first-order valence-corrected chi connectivity index (χ1v) is 9.10. The fourth-order valence-electron chi connectivity index (χ4n) is 3.27. The quantitative estimate of drug-likeness (QED) is 0.600. The largest absolute Gasteiger partial charge is 0.493 e. The number of pyridine rings is 1. The smallest absolute Gasteiger partial charge is 0.336 e. The van der Waals surface area contributed by atoms with Gasteiger partial charge in [-0.15, -0.1) is 0 Å². The van der Waals surface area contributed by atoms with E-state index in [1.165, 1.54) is 21.3 Å². The number of carboxylic acid groups (broad SMARTS) is 1. The number of methoxy groups -OCH3 is 3. The number of carbonyl (C=O) groups is 1. The third kappa shape index (κ3) is 4.09. The highest BCUT2D eigenvalue weighted by Crippen LogP contribution is 2.41. The molecule has 0 spiro atoms. The molecule has 0 bridgehead atoms. The van der Waals surface area contributed by atoms with Crippen molar-refractivity contribution in [3.8, 4) is 28.5 Å². The molecule has 0 fully saturated rings. The van der Waals surface area contributed by atoms with Crippen LogP contribution in [-0.2, 0) is 6.42 Å². The van der Waals surface area contributed by atoms with E-state index in [1.54, 1.807) is 24.3 Å².